The van der Waals surface area contributed by atoms with Crippen molar-refractivity contribution in [3.63, 3.8) is 0 Å². The Morgan fingerprint density at radius 2 is 2.09 bits per heavy atom. The second-order valence-electron chi connectivity index (χ2n) is 2.26. The average molecular weight is 269 g/mol. The Balaban J connectivity index is 2.99. The Bertz CT molecular complexity index is 240. The molecule has 1 aromatic rings. The topological polar surface area (TPSA) is 12.9 Å². The molecule has 1 aromatic heterocycles. The van der Waals surface area contributed by atoms with Crippen molar-refractivity contribution in [3.05, 3.63) is 27.6 Å². The summed E-state index contributed by atoms with van der Waals surface area (Å²) >= 11 is 1.97. The van der Waals surface area contributed by atoms with Crippen LogP contribution in [0.1, 0.15) is 12.5 Å². The Hall–Kier alpha value is -0.260. The van der Waals surface area contributed by atoms with Crippen LogP contribution in [0.2, 0.25) is 0 Å². The first-order valence-corrected chi connectivity index (χ1v) is 4.08. The molecular formula is C7H6F2IN. The zero-order valence-electron chi connectivity index (χ0n) is 5.81. The second kappa shape index (κ2) is 3.00. The van der Waals surface area contributed by atoms with Crippen LogP contribution in [0, 0.1) is 3.70 Å². The van der Waals surface area contributed by atoms with Crippen molar-refractivity contribution in [2.75, 3.05) is 0 Å². The summed E-state index contributed by atoms with van der Waals surface area (Å²) in [5, 5.41) is 0. The largest absolute Gasteiger partial charge is 0.272 e. The molecule has 0 atom stereocenters. The van der Waals surface area contributed by atoms with Crippen LogP contribution in [0.4, 0.5) is 8.78 Å². The summed E-state index contributed by atoms with van der Waals surface area (Å²) in [4.78, 5) is 3.75. The van der Waals surface area contributed by atoms with Gasteiger partial charge >= 0.3 is 0 Å². The van der Waals surface area contributed by atoms with Crippen molar-refractivity contribution in [1.29, 1.82) is 0 Å². The van der Waals surface area contributed by atoms with Crippen LogP contribution in [0.3, 0.4) is 0 Å². The fraction of sp³-hybridized carbons (Fsp3) is 0.286. The molecule has 4 heteroatoms. The predicted molar refractivity (Wildman–Crippen MR) is 46.5 cm³/mol. The molecule has 0 aromatic carbocycles. The lowest BCUT2D eigenvalue weighted by Gasteiger charge is -2.08. The highest BCUT2D eigenvalue weighted by molar-refractivity contribution is 14.1. The smallest absolute Gasteiger partial charge is 0.250 e. The van der Waals surface area contributed by atoms with E-state index in [-0.39, 0.29) is 5.56 Å². The van der Waals surface area contributed by atoms with Crippen molar-refractivity contribution in [3.8, 4) is 0 Å². The van der Waals surface area contributed by atoms with Gasteiger partial charge in [-0.05, 0) is 34.7 Å². The molecule has 0 aliphatic heterocycles. The highest BCUT2D eigenvalue weighted by atomic mass is 127. The molecular weight excluding hydrogens is 263 g/mol. The summed E-state index contributed by atoms with van der Waals surface area (Å²) in [6.07, 6.45) is 1.20. The van der Waals surface area contributed by atoms with Gasteiger partial charge in [-0.2, -0.15) is 0 Å². The van der Waals surface area contributed by atoms with Gasteiger partial charge in [-0.25, -0.2) is 13.8 Å². The fourth-order valence-corrected chi connectivity index (χ4v) is 0.955. The molecule has 0 amide bonds. The first-order chi connectivity index (χ1) is 5.00. The molecule has 0 fully saturated rings. The lowest BCUT2D eigenvalue weighted by molar-refractivity contribution is 0.0171. The third-order valence-electron chi connectivity index (χ3n) is 1.23. The third-order valence-corrected chi connectivity index (χ3v) is 1.87. The number of hydrogen-bond donors (Lipinski definition) is 0. The van der Waals surface area contributed by atoms with Gasteiger partial charge in [-0.3, -0.25) is 0 Å². The van der Waals surface area contributed by atoms with E-state index in [1.807, 2.05) is 22.6 Å². The number of alkyl halides is 2. The maximum absolute atomic E-state index is 12.5. The van der Waals surface area contributed by atoms with E-state index in [1.54, 1.807) is 6.07 Å². The minimum atomic E-state index is -2.78. The van der Waals surface area contributed by atoms with Gasteiger partial charge in [0.15, 0.2) is 0 Å². The first-order valence-electron chi connectivity index (χ1n) is 3.00. The zero-order valence-corrected chi connectivity index (χ0v) is 7.97. The van der Waals surface area contributed by atoms with Crippen molar-refractivity contribution >= 4 is 22.6 Å². The summed E-state index contributed by atoms with van der Waals surface area (Å²) in [7, 11) is 0. The van der Waals surface area contributed by atoms with Gasteiger partial charge in [-0.1, -0.05) is 0 Å². The summed E-state index contributed by atoms with van der Waals surface area (Å²) in [5.74, 6) is -2.78. The summed E-state index contributed by atoms with van der Waals surface area (Å²) in [6, 6.07) is 2.95. The van der Waals surface area contributed by atoms with Crippen molar-refractivity contribution in [2.24, 2.45) is 0 Å². The summed E-state index contributed by atoms with van der Waals surface area (Å²) in [6.45, 7) is 0.858. The molecule has 0 spiro atoms. The molecule has 0 N–H and O–H groups in total. The van der Waals surface area contributed by atoms with Gasteiger partial charge in [0.1, 0.15) is 3.70 Å². The van der Waals surface area contributed by atoms with Crippen LogP contribution in [0.15, 0.2) is 18.3 Å². The average Bonchev–Trinajstić information content (AvgIpc) is 1.86. The maximum Gasteiger partial charge on any atom is 0.272 e. The van der Waals surface area contributed by atoms with Gasteiger partial charge in [0.25, 0.3) is 5.92 Å². The molecule has 0 radical (unpaired) electrons. The van der Waals surface area contributed by atoms with Crippen LogP contribution in [-0.2, 0) is 5.92 Å². The molecule has 1 heterocycles. The second-order valence-corrected chi connectivity index (χ2v) is 3.36. The normalized spacial score (nSPS) is 11.6. The zero-order chi connectivity index (χ0) is 8.48. The van der Waals surface area contributed by atoms with Crippen LogP contribution in [-0.4, -0.2) is 4.98 Å². The number of hydrogen-bond acceptors (Lipinski definition) is 1. The van der Waals surface area contributed by atoms with Gasteiger partial charge in [-0.15, -0.1) is 0 Å². The predicted octanol–water partition coefficient (Wildman–Crippen LogP) is 2.80. The molecule has 0 aliphatic rings. The van der Waals surface area contributed by atoms with Gasteiger partial charge in [0.05, 0.1) is 0 Å². The van der Waals surface area contributed by atoms with E-state index in [0.29, 0.717) is 0 Å². The summed E-state index contributed by atoms with van der Waals surface area (Å²) < 4.78 is 25.8. The van der Waals surface area contributed by atoms with E-state index in [0.717, 1.165) is 10.6 Å². The molecule has 0 unspecified atom stereocenters. The van der Waals surface area contributed by atoms with Crippen molar-refractivity contribution in [2.45, 2.75) is 12.8 Å². The summed E-state index contributed by atoms with van der Waals surface area (Å²) in [5.41, 5.74) is -0.0436. The van der Waals surface area contributed by atoms with E-state index < -0.39 is 5.92 Å². The van der Waals surface area contributed by atoms with Gasteiger partial charge in [0.2, 0.25) is 0 Å². The number of halogens is 3. The molecule has 60 valence electrons. The van der Waals surface area contributed by atoms with Crippen molar-refractivity contribution < 1.29 is 8.78 Å². The Kier molecular flexibility index (Phi) is 2.41. The molecule has 0 saturated carbocycles. The maximum atomic E-state index is 12.5. The molecule has 1 rings (SSSR count). The lowest BCUT2D eigenvalue weighted by atomic mass is 10.2. The first kappa shape index (κ1) is 8.83. The highest BCUT2D eigenvalue weighted by Gasteiger charge is 2.23. The van der Waals surface area contributed by atoms with Crippen molar-refractivity contribution in [1.82, 2.24) is 4.98 Å². The monoisotopic (exact) mass is 269 g/mol. The third kappa shape index (κ3) is 2.36. The fourth-order valence-electron chi connectivity index (χ4n) is 0.635. The number of aromatic nitrogens is 1. The van der Waals surface area contributed by atoms with Crippen LogP contribution in [0.25, 0.3) is 0 Å². The van der Waals surface area contributed by atoms with E-state index in [9.17, 15) is 8.78 Å². The molecule has 0 saturated heterocycles. The molecule has 0 bridgehead atoms. The minimum absolute atomic E-state index is 0.0436. The quantitative estimate of drug-likeness (QED) is 0.564. The SMILES string of the molecule is CC(F)(F)c1ccc(I)nc1. The Morgan fingerprint density at radius 3 is 2.45 bits per heavy atom. The molecule has 11 heavy (non-hydrogen) atoms. The Labute approximate surface area is 77.0 Å². The van der Waals surface area contributed by atoms with E-state index in [1.165, 1.54) is 12.3 Å². The van der Waals surface area contributed by atoms with Gasteiger partial charge in [0, 0.05) is 18.7 Å². The Morgan fingerprint density at radius 1 is 1.45 bits per heavy atom. The standard InChI is InChI=1S/C7H6F2IN/c1-7(8,9)5-2-3-6(10)11-4-5/h2-4H,1H3. The van der Waals surface area contributed by atoms with E-state index >= 15 is 0 Å². The van der Waals surface area contributed by atoms with Crippen LogP contribution >= 0.6 is 22.6 Å². The molecule has 1 nitrogen and oxygen atoms in total. The van der Waals surface area contributed by atoms with E-state index in [4.69, 9.17) is 0 Å². The highest BCUT2D eigenvalue weighted by Crippen LogP contribution is 2.25. The van der Waals surface area contributed by atoms with E-state index in [2.05, 4.69) is 4.98 Å². The van der Waals surface area contributed by atoms with Crippen LogP contribution < -0.4 is 0 Å². The number of nitrogens with zero attached hydrogens (tertiary/aromatic N) is 1. The number of pyridine rings is 1. The van der Waals surface area contributed by atoms with Crippen LogP contribution in [0.5, 0.6) is 0 Å². The number of rotatable bonds is 1. The molecule has 0 aliphatic carbocycles. The minimum Gasteiger partial charge on any atom is -0.250 e. The van der Waals surface area contributed by atoms with Gasteiger partial charge < -0.3 is 0 Å². The lowest BCUT2D eigenvalue weighted by Crippen LogP contribution is -2.07.